The first-order valence-electron chi connectivity index (χ1n) is 7.16. The van der Waals surface area contributed by atoms with Gasteiger partial charge in [-0.3, -0.25) is 0 Å². The van der Waals surface area contributed by atoms with Crippen molar-refractivity contribution in [2.24, 2.45) is 5.84 Å². The van der Waals surface area contributed by atoms with Crippen LogP contribution in [0.15, 0.2) is 6.07 Å². The minimum Gasteiger partial charge on any atom is -0.308 e. The highest BCUT2D eigenvalue weighted by Crippen LogP contribution is 2.44. The molecule has 3 rings (SSSR count). The van der Waals surface area contributed by atoms with Crippen LogP contribution in [0.1, 0.15) is 36.7 Å². The monoisotopic (exact) mass is 340 g/mol. The average Bonchev–Trinajstić information content (AvgIpc) is 2.92. The Labute approximate surface area is 137 Å². The SMILES string of the molecule is CCc1cc2c(NN)nc(C3CSC(C)C(C)S3)nc2s1. The van der Waals surface area contributed by atoms with E-state index in [-0.39, 0.29) is 0 Å². The Balaban J connectivity index is 1.99. The molecule has 0 radical (unpaired) electrons. The lowest BCUT2D eigenvalue weighted by Gasteiger charge is -2.30. The molecule has 0 aliphatic carbocycles. The lowest BCUT2D eigenvalue weighted by Crippen LogP contribution is -2.23. The molecular formula is C14H20N4S3. The van der Waals surface area contributed by atoms with Crippen molar-refractivity contribution in [1.82, 2.24) is 9.97 Å². The minimum atomic E-state index is 0.352. The van der Waals surface area contributed by atoms with Crippen LogP contribution in [-0.4, -0.2) is 26.2 Å². The Kier molecular flexibility index (Phi) is 4.63. The first kappa shape index (κ1) is 15.4. The molecule has 3 N–H and O–H groups in total. The molecule has 21 heavy (non-hydrogen) atoms. The second-order valence-electron chi connectivity index (χ2n) is 5.23. The summed E-state index contributed by atoms with van der Waals surface area (Å²) in [5.74, 6) is 8.40. The molecule has 1 saturated heterocycles. The molecule has 1 fully saturated rings. The van der Waals surface area contributed by atoms with Gasteiger partial charge in [0.1, 0.15) is 10.7 Å². The number of rotatable bonds is 3. The third kappa shape index (κ3) is 3.02. The van der Waals surface area contributed by atoms with Gasteiger partial charge in [0.05, 0.1) is 10.6 Å². The number of hydrazine groups is 1. The van der Waals surface area contributed by atoms with E-state index >= 15 is 0 Å². The lowest BCUT2D eigenvalue weighted by atomic mass is 10.3. The number of anilines is 1. The molecule has 0 spiro atoms. The van der Waals surface area contributed by atoms with E-state index in [0.29, 0.717) is 15.7 Å². The molecule has 3 atom stereocenters. The van der Waals surface area contributed by atoms with Crippen LogP contribution >= 0.6 is 34.9 Å². The number of aryl methyl sites for hydroxylation is 1. The molecule has 1 aliphatic rings. The van der Waals surface area contributed by atoms with Gasteiger partial charge in [0.2, 0.25) is 0 Å². The molecular weight excluding hydrogens is 320 g/mol. The van der Waals surface area contributed by atoms with Crippen molar-refractivity contribution < 1.29 is 0 Å². The number of nitrogens with one attached hydrogen (secondary N) is 1. The summed E-state index contributed by atoms with van der Waals surface area (Å²) in [5.41, 5.74) is 2.75. The zero-order valence-electron chi connectivity index (χ0n) is 12.4. The third-order valence-corrected chi connectivity index (χ3v) is 8.34. The van der Waals surface area contributed by atoms with Crippen LogP contribution in [-0.2, 0) is 6.42 Å². The van der Waals surface area contributed by atoms with Crippen molar-refractivity contribution in [3.63, 3.8) is 0 Å². The predicted molar refractivity (Wildman–Crippen MR) is 96.3 cm³/mol. The number of nitrogens with two attached hydrogens (primary N) is 1. The molecule has 0 amide bonds. The fourth-order valence-electron chi connectivity index (χ4n) is 2.34. The number of nitrogens with zero attached hydrogens (tertiary/aromatic N) is 2. The number of thiophene rings is 1. The summed E-state index contributed by atoms with van der Waals surface area (Å²) in [7, 11) is 0. The van der Waals surface area contributed by atoms with Crippen molar-refractivity contribution in [3.05, 3.63) is 16.8 Å². The van der Waals surface area contributed by atoms with Gasteiger partial charge in [0.15, 0.2) is 5.82 Å². The summed E-state index contributed by atoms with van der Waals surface area (Å²) in [5, 5.41) is 2.70. The number of thioether (sulfide) groups is 2. The summed E-state index contributed by atoms with van der Waals surface area (Å²) in [6.07, 6.45) is 1.02. The highest BCUT2D eigenvalue weighted by molar-refractivity contribution is 8.07. The number of hydrogen-bond donors (Lipinski definition) is 2. The Morgan fingerprint density at radius 2 is 2.14 bits per heavy atom. The van der Waals surface area contributed by atoms with E-state index in [4.69, 9.17) is 10.8 Å². The van der Waals surface area contributed by atoms with Crippen molar-refractivity contribution in [2.75, 3.05) is 11.2 Å². The van der Waals surface area contributed by atoms with E-state index in [1.54, 1.807) is 11.3 Å². The zero-order valence-corrected chi connectivity index (χ0v) is 14.9. The number of nitrogen functional groups attached to an aromatic ring is 1. The van der Waals surface area contributed by atoms with E-state index in [0.717, 1.165) is 34.0 Å². The van der Waals surface area contributed by atoms with Crippen LogP contribution < -0.4 is 11.3 Å². The first-order valence-corrected chi connectivity index (χ1v) is 9.97. The largest absolute Gasteiger partial charge is 0.308 e. The van der Waals surface area contributed by atoms with Gasteiger partial charge < -0.3 is 5.43 Å². The molecule has 0 aromatic carbocycles. The highest BCUT2D eigenvalue weighted by atomic mass is 32.2. The standard InChI is InChI=1S/C14H20N4S3/c1-4-9-5-10-12(18-15)16-13(17-14(10)21-9)11-6-19-7(2)8(3)20-11/h5,7-8,11H,4,6,15H2,1-3H3,(H,16,17,18). The maximum absolute atomic E-state index is 5.67. The molecule has 4 nitrogen and oxygen atoms in total. The topological polar surface area (TPSA) is 63.8 Å². The van der Waals surface area contributed by atoms with Crippen LogP contribution in [0.4, 0.5) is 5.82 Å². The molecule has 2 aromatic rings. The number of aromatic nitrogens is 2. The highest BCUT2D eigenvalue weighted by Gasteiger charge is 2.29. The number of fused-ring (bicyclic) bond motifs is 1. The molecule has 0 saturated carbocycles. The first-order chi connectivity index (χ1) is 10.1. The van der Waals surface area contributed by atoms with E-state index in [1.807, 2.05) is 23.5 Å². The van der Waals surface area contributed by atoms with Crippen LogP contribution in [0, 0.1) is 0 Å². The maximum atomic E-state index is 5.67. The Morgan fingerprint density at radius 3 is 2.81 bits per heavy atom. The van der Waals surface area contributed by atoms with Gasteiger partial charge in [0.25, 0.3) is 0 Å². The number of hydrogen-bond acceptors (Lipinski definition) is 7. The van der Waals surface area contributed by atoms with Crippen LogP contribution in [0.3, 0.4) is 0 Å². The summed E-state index contributed by atoms with van der Waals surface area (Å²) in [6.45, 7) is 6.74. The Bertz CT molecular complexity index is 642. The normalized spacial score (nSPS) is 26.2. The lowest BCUT2D eigenvalue weighted by molar-refractivity contribution is 0.866. The Morgan fingerprint density at radius 1 is 1.33 bits per heavy atom. The van der Waals surface area contributed by atoms with Gasteiger partial charge in [-0.25, -0.2) is 15.8 Å². The molecule has 2 aromatic heterocycles. The van der Waals surface area contributed by atoms with E-state index in [1.165, 1.54) is 4.88 Å². The Hall–Kier alpha value is -0.500. The quantitative estimate of drug-likeness (QED) is 0.654. The fourth-order valence-corrected chi connectivity index (χ4v) is 6.15. The molecule has 7 heteroatoms. The fraction of sp³-hybridized carbons (Fsp3) is 0.571. The van der Waals surface area contributed by atoms with E-state index in [9.17, 15) is 0 Å². The van der Waals surface area contributed by atoms with Gasteiger partial charge in [-0.2, -0.15) is 11.8 Å². The second kappa shape index (κ2) is 6.32. The van der Waals surface area contributed by atoms with Crippen molar-refractivity contribution in [1.29, 1.82) is 0 Å². The van der Waals surface area contributed by atoms with E-state index in [2.05, 4.69) is 37.2 Å². The summed E-state index contributed by atoms with van der Waals surface area (Å²) in [6, 6.07) is 2.15. The van der Waals surface area contributed by atoms with Crippen LogP contribution in [0.2, 0.25) is 0 Å². The second-order valence-corrected chi connectivity index (χ2v) is 9.34. The summed E-state index contributed by atoms with van der Waals surface area (Å²) in [4.78, 5) is 11.9. The van der Waals surface area contributed by atoms with Crippen molar-refractivity contribution in [2.45, 2.75) is 42.9 Å². The van der Waals surface area contributed by atoms with Crippen LogP contribution in [0.25, 0.3) is 10.2 Å². The molecule has 0 bridgehead atoms. The molecule has 114 valence electrons. The van der Waals surface area contributed by atoms with Gasteiger partial charge in [-0.15, -0.1) is 23.1 Å². The van der Waals surface area contributed by atoms with Gasteiger partial charge in [-0.05, 0) is 12.5 Å². The minimum absolute atomic E-state index is 0.352. The smallest absolute Gasteiger partial charge is 0.152 e. The molecule has 3 unspecified atom stereocenters. The van der Waals surface area contributed by atoms with E-state index < -0.39 is 0 Å². The average molecular weight is 341 g/mol. The van der Waals surface area contributed by atoms with Crippen molar-refractivity contribution in [3.8, 4) is 0 Å². The van der Waals surface area contributed by atoms with Crippen molar-refractivity contribution >= 4 is 50.9 Å². The summed E-state index contributed by atoms with van der Waals surface area (Å²) < 4.78 is 0. The van der Waals surface area contributed by atoms with Gasteiger partial charge in [-0.1, -0.05) is 20.8 Å². The van der Waals surface area contributed by atoms with Gasteiger partial charge >= 0.3 is 0 Å². The van der Waals surface area contributed by atoms with Gasteiger partial charge in [0, 0.05) is 21.1 Å². The molecule has 1 aliphatic heterocycles. The summed E-state index contributed by atoms with van der Waals surface area (Å²) >= 11 is 5.73. The predicted octanol–water partition coefficient (Wildman–Crippen LogP) is 3.84. The zero-order chi connectivity index (χ0) is 15.0. The molecule has 3 heterocycles. The van der Waals surface area contributed by atoms with Crippen LogP contribution in [0.5, 0.6) is 0 Å². The maximum Gasteiger partial charge on any atom is 0.152 e. The third-order valence-electron chi connectivity index (χ3n) is 3.78.